The first-order valence-corrected chi connectivity index (χ1v) is 5.39. The van der Waals surface area contributed by atoms with E-state index >= 15 is 0 Å². The third kappa shape index (κ3) is 2.46. The van der Waals surface area contributed by atoms with E-state index in [1.807, 2.05) is 13.0 Å². The highest BCUT2D eigenvalue weighted by Crippen LogP contribution is 2.29. The summed E-state index contributed by atoms with van der Waals surface area (Å²) in [4.78, 5) is 0. The van der Waals surface area contributed by atoms with E-state index in [1.165, 1.54) is 5.56 Å². The number of hydrogen-bond acceptors (Lipinski definition) is 1. The van der Waals surface area contributed by atoms with E-state index in [1.54, 1.807) is 0 Å². The van der Waals surface area contributed by atoms with Crippen LogP contribution in [0.2, 0.25) is 5.02 Å². The zero-order valence-electron chi connectivity index (χ0n) is 7.77. The van der Waals surface area contributed by atoms with Gasteiger partial charge in [0.25, 0.3) is 0 Å². The van der Waals surface area contributed by atoms with E-state index in [9.17, 15) is 0 Å². The van der Waals surface area contributed by atoms with Gasteiger partial charge in [0.1, 0.15) is 0 Å². The van der Waals surface area contributed by atoms with Crippen LogP contribution in [0.1, 0.15) is 24.0 Å². The minimum atomic E-state index is 0.356. The second kappa shape index (κ2) is 4.45. The highest BCUT2D eigenvalue weighted by molar-refractivity contribution is 9.10. The summed E-state index contributed by atoms with van der Waals surface area (Å²) in [5.74, 6) is 0.356. The van der Waals surface area contributed by atoms with Gasteiger partial charge in [0.05, 0.1) is 0 Å². The quantitative estimate of drug-likeness (QED) is 0.868. The lowest BCUT2D eigenvalue weighted by molar-refractivity contribution is 0.767. The van der Waals surface area contributed by atoms with Crippen LogP contribution in [-0.4, -0.2) is 6.54 Å². The molecule has 0 radical (unpaired) electrons. The van der Waals surface area contributed by atoms with Gasteiger partial charge in [0.2, 0.25) is 0 Å². The fourth-order valence-corrected chi connectivity index (χ4v) is 2.14. The zero-order chi connectivity index (χ0) is 10.0. The van der Waals surface area contributed by atoms with E-state index in [2.05, 4.69) is 28.9 Å². The molecular weight excluding hydrogens is 249 g/mol. The van der Waals surface area contributed by atoms with Crippen LogP contribution in [-0.2, 0) is 0 Å². The van der Waals surface area contributed by atoms with Crippen molar-refractivity contribution >= 4 is 27.5 Å². The molecule has 0 aromatic heterocycles. The SMILES string of the molecule is Cc1c(Cl)cc(Br)cc1C(C)CN. The first-order chi connectivity index (χ1) is 6.06. The predicted octanol–water partition coefficient (Wildman–Crippen LogP) is 3.47. The van der Waals surface area contributed by atoms with E-state index in [-0.39, 0.29) is 0 Å². The lowest BCUT2D eigenvalue weighted by atomic mass is 9.97. The highest BCUT2D eigenvalue weighted by Gasteiger charge is 2.10. The van der Waals surface area contributed by atoms with Crippen molar-refractivity contribution in [1.82, 2.24) is 0 Å². The first kappa shape index (κ1) is 11.0. The summed E-state index contributed by atoms with van der Waals surface area (Å²) in [6.45, 7) is 4.77. The Kier molecular flexibility index (Phi) is 3.77. The Labute approximate surface area is 92.4 Å². The summed E-state index contributed by atoms with van der Waals surface area (Å²) in [5.41, 5.74) is 7.97. The first-order valence-electron chi connectivity index (χ1n) is 4.22. The van der Waals surface area contributed by atoms with Gasteiger partial charge >= 0.3 is 0 Å². The second-order valence-corrected chi connectivity index (χ2v) is 4.56. The van der Waals surface area contributed by atoms with Crippen LogP contribution < -0.4 is 5.73 Å². The van der Waals surface area contributed by atoms with Gasteiger partial charge in [-0.15, -0.1) is 0 Å². The van der Waals surface area contributed by atoms with Gasteiger partial charge in [-0.3, -0.25) is 0 Å². The van der Waals surface area contributed by atoms with Crippen molar-refractivity contribution in [3.63, 3.8) is 0 Å². The van der Waals surface area contributed by atoms with Crippen molar-refractivity contribution in [1.29, 1.82) is 0 Å². The molecule has 1 aromatic rings. The minimum absolute atomic E-state index is 0.356. The maximum atomic E-state index is 6.05. The molecule has 1 atom stereocenters. The molecule has 1 nitrogen and oxygen atoms in total. The molecule has 0 heterocycles. The Morgan fingerprint density at radius 2 is 2.15 bits per heavy atom. The zero-order valence-corrected chi connectivity index (χ0v) is 10.1. The molecule has 0 spiro atoms. The van der Waals surface area contributed by atoms with Crippen molar-refractivity contribution in [3.8, 4) is 0 Å². The molecule has 0 saturated carbocycles. The van der Waals surface area contributed by atoms with Crippen LogP contribution in [0.25, 0.3) is 0 Å². The molecule has 72 valence electrons. The Morgan fingerprint density at radius 3 is 2.69 bits per heavy atom. The Bertz CT molecular complexity index is 312. The maximum absolute atomic E-state index is 6.05. The molecular formula is C10H13BrClN. The third-order valence-electron chi connectivity index (χ3n) is 2.23. The lowest BCUT2D eigenvalue weighted by Gasteiger charge is -2.14. The molecule has 0 aliphatic carbocycles. The van der Waals surface area contributed by atoms with Crippen LogP contribution in [0.15, 0.2) is 16.6 Å². The molecule has 0 bridgehead atoms. The Balaban J connectivity index is 3.20. The summed E-state index contributed by atoms with van der Waals surface area (Å²) in [6, 6.07) is 3.99. The maximum Gasteiger partial charge on any atom is 0.0449 e. The lowest BCUT2D eigenvalue weighted by Crippen LogP contribution is -2.10. The smallest absolute Gasteiger partial charge is 0.0449 e. The largest absolute Gasteiger partial charge is 0.330 e. The van der Waals surface area contributed by atoms with Crippen molar-refractivity contribution < 1.29 is 0 Å². The number of benzene rings is 1. The number of nitrogens with two attached hydrogens (primary N) is 1. The molecule has 0 aliphatic heterocycles. The van der Waals surface area contributed by atoms with Crippen LogP contribution in [0.3, 0.4) is 0 Å². The van der Waals surface area contributed by atoms with Gasteiger partial charge in [-0.1, -0.05) is 34.5 Å². The fourth-order valence-electron chi connectivity index (χ4n) is 1.30. The fraction of sp³-hybridized carbons (Fsp3) is 0.400. The molecule has 0 aliphatic rings. The molecule has 1 aromatic carbocycles. The number of halogens is 2. The standard InChI is InChI=1S/C10H13BrClN/c1-6(5-13)9-3-8(11)4-10(12)7(9)2/h3-4,6H,5,13H2,1-2H3. The third-order valence-corrected chi connectivity index (χ3v) is 3.08. The van der Waals surface area contributed by atoms with Gasteiger partial charge in [-0.2, -0.15) is 0 Å². The molecule has 13 heavy (non-hydrogen) atoms. The normalized spacial score (nSPS) is 13.0. The van der Waals surface area contributed by atoms with Gasteiger partial charge in [-0.05, 0) is 42.6 Å². The summed E-state index contributed by atoms with van der Waals surface area (Å²) < 4.78 is 1.01. The topological polar surface area (TPSA) is 26.0 Å². The number of rotatable bonds is 2. The van der Waals surface area contributed by atoms with E-state index in [0.717, 1.165) is 15.1 Å². The average Bonchev–Trinajstić information content (AvgIpc) is 2.10. The second-order valence-electron chi connectivity index (χ2n) is 3.24. The highest BCUT2D eigenvalue weighted by atomic mass is 79.9. The van der Waals surface area contributed by atoms with Crippen molar-refractivity contribution in [2.45, 2.75) is 19.8 Å². The van der Waals surface area contributed by atoms with Gasteiger partial charge < -0.3 is 5.73 Å². The molecule has 2 N–H and O–H groups in total. The predicted molar refractivity (Wildman–Crippen MR) is 61.4 cm³/mol. The van der Waals surface area contributed by atoms with Crippen molar-refractivity contribution in [3.05, 3.63) is 32.8 Å². The molecule has 1 rings (SSSR count). The Morgan fingerprint density at radius 1 is 1.54 bits per heavy atom. The van der Waals surface area contributed by atoms with Gasteiger partial charge in [0, 0.05) is 9.50 Å². The van der Waals surface area contributed by atoms with E-state index in [0.29, 0.717) is 12.5 Å². The summed E-state index contributed by atoms with van der Waals surface area (Å²) in [5, 5.41) is 0.796. The monoisotopic (exact) mass is 261 g/mol. The van der Waals surface area contributed by atoms with Crippen LogP contribution >= 0.6 is 27.5 Å². The molecule has 1 unspecified atom stereocenters. The van der Waals surface area contributed by atoms with Gasteiger partial charge in [-0.25, -0.2) is 0 Å². The Hall–Kier alpha value is -0.0500. The van der Waals surface area contributed by atoms with Gasteiger partial charge in [0.15, 0.2) is 0 Å². The average molecular weight is 263 g/mol. The molecule has 0 saturated heterocycles. The van der Waals surface area contributed by atoms with Crippen LogP contribution in [0, 0.1) is 6.92 Å². The molecule has 0 amide bonds. The van der Waals surface area contributed by atoms with Crippen LogP contribution in [0.5, 0.6) is 0 Å². The molecule has 3 heteroatoms. The summed E-state index contributed by atoms with van der Waals surface area (Å²) >= 11 is 9.47. The summed E-state index contributed by atoms with van der Waals surface area (Å²) in [6.07, 6.45) is 0. The number of hydrogen-bond donors (Lipinski definition) is 1. The summed E-state index contributed by atoms with van der Waals surface area (Å²) in [7, 11) is 0. The van der Waals surface area contributed by atoms with E-state index in [4.69, 9.17) is 17.3 Å². The minimum Gasteiger partial charge on any atom is -0.330 e. The van der Waals surface area contributed by atoms with Crippen LogP contribution in [0.4, 0.5) is 0 Å². The molecule has 0 fully saturated rings. The van der Waals surface area contributed by atoms with E-state index < -0.39 is 0 Å². The van der Waals surface area contributed by atoms with Crippen molar-refractivity contribution in [2.75, 3.05) is 6.54 Å². The van der Waals surface area contributed by atoms with Crippen molar-refractivity contribution in [2.24, 2.45) is 5.73 Å².